The third-order valence-electron chi connectivity index (χ3n) is 2.59. The van der Waals surface area contributed by atoms with Gasteiger partial charge in [0.05, 0.1) is 11.0 Å². The van der Waals surface area contributed by atoms with Gasteiger partial charge >= 0.3 is 0 Å². The topological polar surface area (TPSA) is 104 Å². The summed E-state index contributed by atoms with van der Waals surface area (Å²) in [5.41, 5.74) is 6.72. The smallest absolute Gasteiger partial charge is 0.276 e. The zero-order chi connectivity index (χ0) is 14.9. The molecule has 8 heteroatoms. The van der Waals surface area contributed by atoms with Crippen LogP contribution in [-0.2, 0) is 0 Å². The van der Waals surface area contributed by atoms with Crippen LogP contribution in [0.2, 0.25) is 5.15 Å². The second-order valence-corrected chi connectivity index (χ2v) is 4.54. The largest absolute Gasteiger partial charge is 0.438 e. The van der Waals surface area contributed by atoms with Crippen molar-refractivity contribution in [2.24, 2.45) is 0 Å². The van der Waals surface area contributed by atoms with Crippen molar-refractivity contribution in [1.29, 1.82) is 0 Å². The van der Waals surface area contributed by atoms with Gasteiger partial charge in [-0.05, 0) is 25.5 Å². The van der Waals surface area contributed by atoms with Gasteiger partial charge in [-0.2, -0.15) is 4.98 Å². The summed E-state index contributed by atoms with van der Waals surface area (Å²) in [6.07, 6.45) is 0. The van der Waals surface area contributed by atoms with Crippen LogP contribution in [0.3, 0.4) is 0 Å². The Morgan fingerprint density at radius 1 is 1.25 bits per heavy atom. The molecule has 0 bridgehead atoms. The highest BCUT2D eigenvalue weighted by molar-refractivity contribution is 6.29. The number of benzene rings is 1. The molecule has 0 fully saturated rings. The van der Waals surface area contributed by atoms with Crippen molar-refractivity contribution in [3.05, 3.63) is 44.6 Å². The minimum absolute atomic E-state index is 0.0290. The van der Waals surface area contributed by atoms with Crippen molar-refractivity contribution in [3.8, 4) is 11.6 Å². The molecular weight excluding hydrogens is 284 g/mol. The van der Waals surface area contributed by atoms with E-state index in [0.717, 1.165) is 5.56 Å². The van der Waals surface area contributed by atoms with E-state index in [1.807, 2.05) is 0 Å². The fourth-order valence-electron chi connectivity index (χ4n) is 1.71. The maximum atomic E-state index is 10.9. The molecule has 2 rings (SSSR count). The van der Waals surface area contributed by atoms with Gasteiger partial charge in [0.15, 0.2) is 0 Å². The van der Waals surface area contributed by atoms with E-state index in [4.69, 9.17) is 22.1 Å². The number of aromatic nitrogens is 2. The van der Waals surface area contributed by atoms with Gasteiger partial charge in [0, 0.05) is 11.6 Å². The van der Waals surface area contributed by atoms with Crippen molar-refractivity contribution >= 4 is 23.2 Å². The Balaban J connectivity index is 2.42. The van der Waals surface area contributed by atoms with Crippen LogP contribution in [0.4, 0.5) is 11.6 Å². The summed E-state index contributed by atoms with van der Waals surface area (Å²) in [6, 6.07) is 4.39. The lowest BCUT2D eigenvalue weighted by molar-refractivity contribution is -0.385. The molecule has 7 nitrogen and oxygen atoms in total. The highest BCUT2D eigenvalue weighted by Crippen LogP contribution is 2.31. The first kappa shape index (κ1) is 14.0. The third kappa shape index (κ3) is 2.94. The summed E-state index contributed by atoms with van der Waals surface area (Å²) in [5.74, 6) is 0.409. The van der Waals surface area contributed by atoms with Gasteiger partial charge in [-0.3, -0.25) is 10.1 Å². The normalized spacial score (nSPS) is 10.3. The summed E-state index contributed by atoms with van der Waals surface area (Å²) >= 11 is 5.74. The Hall–Kier alpha value is -2.41. The van der Waals surface area contributed by atoms with Gasteiger partial charge in [0.2, 0.25) is 11.8 Å². The highest BCUT2D eigenvalue weighted by atomic mass is 35.5. The van der Waals surface area contributed by atoms with E-state index in [-0.39, 0.29) is 22.7 Å². The van der Waals surface area contributed by atoms with E-state index < -0.39 is 4.92 Å². The minimum Gasteiger partial charge on any atom is -0.438 e. The summed E-state index contributed by atoms with van der Waals surface area (Å²) in [5, 5.41) is 11.1. The van der Waals surface area contributed by atoms with Crippen LogP contribution in [0, 0.1) is 24.0 Å². The molecular formula is C12H11ClN4O3. The Labute approximate surface area is 119 Å². The van der Waals surface area contributed by atoms with Gasteiger partial charge in [-0.1, -0.05) is 11.6 Å². The predicted octanol–water partition coefficient (Wildman–Crippen LogP) is 3.03. The second kappa shape index (κ2) is 5.30. The number of anilines is 1. The molecule has 0 aliphatic carbocycles. The molecule has 0 atom stereocenters. The highest BCUT2D eigenvalue weighted by Gasteiger charge is 2.15. The Morgan fingerprint density at radius 2 is 1.95 bits per heavy atom. The molecule has 0 spiro atoms. The number of nitro benzene ring substituents is 1. The summed E-state index contributed by atoms with van der Waals surface area (Å²) in [4.78, 5) is 18.0. The monoisotopic (exact) mass is 294 g/mol. The number of aryl methyl sites for hydroxylation is 2. The van der Waals surface area contributed by atoms with Crippen molar-refractivity contribution in [1.82, 2.24) is 9.97 Å². The van der Waals surface area contributed by atoms with Crippen LogP contribution >= 0.6 is 11.6 Å². The lowest BCUT2D eigenvalue weighted by Crippen LogP contribution is -1.99. The molecule has 0 radical (unpaired) electrons. The molecule has 0 saturated heterocycles. The van der Waals surface area contributed by atoms with Crippen LogP contribution in [0.5, 0.6) is 11.6 Å². The summed E-state index contributed by atoms with van der Waals surface area (Å²) in [7, 11) is 0. The van der Waals surface area contributed by atoms with Crippen molar-refractivity contribution in [3.63, 3.8) is 0 Å². The summed E-state index contributed by atoms with van der Waals surface area (Å²) in [6.45, 7) is 3.44. The third-order valence-corrected chi connectivity index (χ3v) is 2.79. The molecule has 0 saturated carbocycles. The van der Waals surface area contributed by atoms with Crippen LogP contribution in [0.25, 0.3) is 0 Å². The van der Waals surface area contributed by atoms with Gasteiger partial charge in [-0.25, -0.2) is 4.98 Å². The molecule has 2 N–H and O–H groups in total. The molecule has 0 amide bonds. The van der Waals surface area contributed by atoms with Crippen LogP contribution in [-0.4, -0.2) is 14.9 Å². The average molecular weight is 295 g/mol. The first-order valence-corrected chi connectivity index (χ1v) is 5.98. The number of nitrogen functional groups attached to an aromatic ring is 1. The number of halogens is 1. The lowest BCUT2D eigenvalue weighted by atomic mass is 10.1. The number of ether oxygens (including phenoxy) is 1. The number of hydrogen-bond donors (Lipinski definition) is 1. The number of nitro groups is 1. The quantitative estimate of drug-likeness (QED) is 0.530. The maximum absolute atomic E-state index is 10.9. The molecule has 104 valence electrons. The van der Waals surface area contributed by atoms with Gasteiger partial charge in [-0.15, -0.1) is 0 Å². The van der Waals surface area contributed by atoms with Crippen LogP contribution < -0.4 is 10.5 Å². The first-order chi connectivity index (χ1) is 9.36. The van der Waals surface area contributed by atoms with Gasteiger partial charge in [0.1, 0.15) is 10.9 Å². The van der Waals surface area contributed by atoms with E-state index >= 15 is 0 Å². The Bertz CT molecular complexity index is 670. The molecule has 20 heavy (non-hydrogen) atoms. The van der Waals surface area contributed by atoms with E-state index in [1.54, 1.807) is 19.9 Å². The molecule has 0 aliphatic rings. The van der Waals surface area contributed by atoms with Gasteiger partial charge in [0.25, 0.3) is 5.69 Å². The zero-order valence-electron chi connectivity index (χ0n) is 10.8. The molecule has 2 aromatic rings. The fourth-order valence-corrected chi connectivity index (χ4v) is 1.89. The molecule has 1 heterocycles. The lowest BCUT2D eigenvalue weighted by Gasteiger charge is -2.09. The van der Waals surface area contributed by atoms with E-state index in [1.165, 1.54) is 12.1 Å². The van der Waals surface area contributed by atoms with E-state index in [0.29, 0.717) is 11.3 Å². The molecule has 1 aromatic carbocycles. The predicted molar refractivity (Wildman–Crippen MR) is 74.1 cm³/mol. The summed E-state index contributed by atoms with van der Waals surface area (Å²) < 4.78 is 5.50. The maximum Gasteiger partial charge on any atom is 0.276 e. The zero-order valence-corrected chi connectivity index (χ0v) is 11.5. The van der Waals surface area contributed by atoms with Crippen molar-refractivity contribution in [2.75, 3.05) is 5.73 Å². The first-order valence-electron chi connectivity index (χ1n) is 5.60. The molecule has 1 aromatic heterocycles. The number of nitrogens with zero attached hydrogens (tertiary/aromatic N) is 3. The number of rotatable bonds is 3. The SMILES string of the molecule is Cc1cc(C)c([N+](=O)[O-])cc1Oc1cc(Cl)nc(N)n1. The number of nitrogens with two attached hydrogens (primary N) is 1. The van der Waals surface area contributed by atoms with E-state index in [2.05, 4.69) is 9.97 Å². The minimum atomic E-state index is -0.469. The average Bonchev–Trinajstić information content (AvgIpc) is 2.30. The second-order valence-electron chi connectivity index (χ2n) is 4.15. The van der Waals surface area contributed by atoms with Gasteiger partial charge < -0.3 is 10.5 Å². The number of hydrogen-bond acceptors (Lipinski definition) is 6. The fraction of sp³-hybridized carbons (Fsp3) is 0.167. The van der Waals surface area contributed by atoms with Crippen LogP contribution in [0.15, 0.2) is 18.2 Å². The molecule has 0 unspecified atom stereocenters. The standard InChI is InChI=1S/C12H11ClN4O3/c1-6-3-7(2)9(4-8(6)17(18)19)20-11-5-10(13)15-12(14)16-11/h3-5H,1-2H3,(H2,14,15,16). The molecule has 0 aliphatic heterocycles. The van der Waals surface area contributed by atoms with Crippen LogP contribution in [0.1, 0.15) is 11.1 Å². The Morgan fingerprint density at radius 3 is 2.55 bits per heavy atom. The van der Waals surface area contributed by atoms with Crippen molar-refractivity contribution < 1.29 is 9.66 Å². The Kier molecular flexibility index (Phi) is 3.71. The van der Waals surface area contributed by atoms with Crippen molar-refractivity contribution in [2.45, 2.75) is 13.8 Å². The van der Waals surface area contributed by atoms with E-state index in [9.17, 15) is 10.1 Å².